The molecule has 10 nitrogen and oxygen atoms in total. The number of rotatable bonds is 5. The van der Waals surface area contributed by atoms with Crippen LogP contribution >= 0.6 is 0 Å². The number of hydrogen-bond acceptors (Lipinski definition) is 7. The highest BCUT2D eigenvalue weighted by atomic mass is 19.3. The number of nitrogens with zero attached hydrogens (tertiary/aromatic N) is 6. The number of fused-ring (bicyclic) bond motifs is 1. The molecule has 12 heteroatoms. The average molecular weight is 470 g/mol. The highest BCUT2D eigenvalue weighted by molar-refractivity contribution is 5.89. The standard InChI is InChI=1S/C22H24F2N8O2/c1-12-7-20(29-21(26-12)22(4,23)24)28-17-9-19(27-13(2)33)25-10-16(17)18-8-15-11-31(14(3)34)5-6-32(15)30-18/h7-10H,5-6,11H2,1-4H3,(H2,25,26,27,28,29,33). The van der Waals surface area contributed by atoms with Gasteiger partial charge in [-0.3, -0.25) is 14.3 Å². The lowest BCUT2D eigenvalue weighted by Crippen LogP contribution is -2.36. The first-order valence-corrected chi connectivity index (χ1v) is 10.6. The van der Waals surface area contributed by atoms with Gasteiger partial charge >= 0.3 is 5.92 Å². The zero-order valence-electron chi connectivity index (χ0n) is 19.2. The number of carbonyl (C=O) groups excluding carboxylic acids is 2. The summed E-state index contributed by atoms with van der Waals surface area (Å²) < 4.78 is 29.6. The molecule has 2 amide bonds. The molecule has 3 aromatic heterocycles. The molecule has 0 aromatic carbocycles. The molecule has 0 spiro atoms. The van der Waals surface area contributed by atoms with Crippen LogP contribution < -0.4 is 10.6 Å². The van der Waals surface area contributed by atoms with Crippen LogP contribution in [-0.4, -0.2) is 48.0 Å². The number of nitrogens with one attached hydrogen (secondary N) is 2. The second-order valence-electron chi connectivity index (χ2n) is 8.21. The van der Waals surface area contributed by atoms with Gasteiger partial charge in [-0.15, -0.1) is 0 Å². The Bertz CT molecular complexity index is 1270. The van der Waals surface area contributed by atoms with E-state index in [0.29, 0.717) is 42.3 Å². The smallest absolute Gasteiger partial charge is 0.303 e. The Morgan fingerprint density at radius 1 is 1.09 bits per heavy atom. The molecule has 0 aliphatic carbocycles. The predicted molar refractivity (Wildman–Crippen MR) is 120 cm³/mol. The fraction of sp³-hybridized carbons (Fsp3) is 0.364. The Kier molecular flexibility index (Phi) is 5.98. The summed E-state index contributed by atoms with van der Waals surface area (Å²) in [6, 6.07) is 4.98. The van der Waals surface area contributed by atoms with E-state index in [9.17, 15) is 18.4 Å². The number of hydrogen-bond donors (Lipinski definition) is 2. The van der Waals surface area contributed by atoms with Crippen LogP contribution in [0.1, 0.15) is 38.0 Å². The van der Waals surface area contributed by atoms with Crippen molar-refractivity contribution in [1.82, 2.24) is 29.6 Å². The molecule has 0 radical (unpaired) electrons. The number of aryl methyl sites for hydroxylation is 1. The predicted octanol–water partition coefficient (Wildman–Crippen LogP) is 3.22. The van der Waals surface area contributed by atoms with Gasteiger partial charge < -0.3 is 15.5 Å². The van der Waals surface area contributed by atoms with Crippen LogP contribution in [0.25, 0.3) is 11.3 Å². The quantitative estimate of drug-likeness (QED) is 0.588. The number of pyridine rings is 1. The number of carbonyl (C=O) groups is 2. The third kappa shape index (κ3) is 5.00. The molecule has 0 saturated carbocycles. The fourth-order valence-electron chi connectivity index (χ4n) is 3.65. The van der Waals surface area contributed by atoms with E-state index in [0.717, 1.165) is 12.6 Å². The second kappa shape index (κ2) is 8.76. The summed E-state index contributed by atoms with van der Waals surface area (Å²) in [6.07, 6.45) is 1.54. The van der Waals surface area contributed by atoms with Crippen LogP contribution in [0.15, 0.2) is 24.4 Å². The summed E-state index contributed by atoms with van der Waals surface area (Å²) in [5.41, 5.74) is 2.84. The van der Waals surface area contributed by atoms with Gasteiger partial charge in [0.25, 0.3) is 0 Å². The van der Waals surface area contributed by atoms with Crippen LogP contribution in [0.3, 0.4) is 0 Å². The van der Waals surface area contributed by atoms with Gasteiger partial charge in [-0.25, -0.2) is 15.0 Å². The summed E-state index contributed by atoms with van der Waals surface area (Å²) in [5, 5.41) is 10.3. The van der Waals surface area contributed by atoms with E-state index in [-0.39, 0.29) is 23.5 Å². The third-order valence-electron chi connectivity index (χ3n) is 5.24. The number of amides is 2. The van der Waals surface area contributed by atoms with Crippen molar-refractivity contribution in [3.05, 3.63) is 41.6 Å². The Labute approximate surface area is 194 Å². The summed E-state index contributed by atoms with van der Waals surface area (Å²) in [6.45, 7) is 6.76. The number of alkyl halides is 2. The minimum absolute atomic E-state index is 0.0136. The number of anilines is 3. The van der Waals surface area contributed by atoms with E-state index < -0.39 is 11.7 Å². The maximum Gasteiger partial charge on any atom is 0.303 e. The molecule has 0 fully saturated rings. The minimum Gasteiger partial charge on any atom is -0.339 e. The first-order chi connectivity index (χ1) is 16.0. The Morgan fingerprint density at radius 2 is 1.85 bits per heavy atom. The van der Waals surface area contributed by atoms with Gasteiger partial charge in [0.1, 0.15) is 11.6 Å². The van der Waals surface area contributed by atoms with E-state index in [2.05, 4.69) is 30.7 Å². The molecule has 1 aliphatic heterocycles. The minimum atomic E-state index is -3.21. The fourth-order valence-corrected chi connectivity index (χ4v) is 3.65. The SMILES string of the molecule is CC(=O)Nc1cc(Nc2cc(C)nc(C(C)(F)F)n2)c(-c2cc3n(n2)CCN(C(C)=O)C3)cn1. The normalized spacial score (nSPS) is 13.4. The Balaban J connectivity index is 1.75. The Morgan fingerprint density at radius 3 is 2.53 bits per heavy atom. The molecule has 0 saturated heterocycles. The van der Waals surface area contributed by atoms with Gasteiger partial charge in [-0.2, -0.15) is 13.9 Å². The van der Waals surface area contributed by atoms with Crippen molar-refractivity contribution in [2.24, 2.45) is 0 Å². The molecule has 0 bridgehead atoms. The van der Waals surface area contributed by atoms with E-state index in [4.69, 9.17) is 0 Å². The van der Waals surface area contributed by atoms with Crippen LogP contribution in [-0.2, 0) is 28.6 Å². The molecule has 0 atom stereocenters. The van der Waals surface area contributed by atoms with Crippen LogP contribution in [0, 0.1) is 6.92 Å². The number of aromatic nitrogens is 5. The zero-order valence-corrected chi connectivity index (χ0v) is 19.2. The van der Waals surface area contributed by atoms with Gasteiger partial charge in [0.2, 0.25) is 17.6 Å². The topological polar surface area (TPSA) is 118 Å². The number of halogens is 2. The van der Waals surface area contributed by atoms with Crippen molar-refractivity contribution in [3.8, 4) is 11.3 Å². The molecule has 34 heavy (non-hydrogen) atoms. The lowest BCUT2D eigenvalue weighted by Gasteiger charge is -2.26. The molecular weight excluding hydrogens is 446 g/mol. The van der Waals surface area contributed by atoms with Crippen molar-refractivity contribution in [2.45, 2.75) is 46.7 Å². The van der Waals surface area contributed by atoms with Gasteiger partial charge in [0.05, 0.1) is 30.2 Å². The van der Waals surface area contributed by atoms with E-state index in [1.165, 1.54) is 20.0 Å². The van der Waals surface area contributed by atoms with Crippen molar-refractivity contribution in [3.63, 3.8) is 0 Å². The molecular formula is C22H24F2N8O2. The second-order valence-corrected chi connectivity index (χ2v) is 8.21. The molecule has 0 unspecified atom stereocenters. The molecule has 4 heterocycles. The first-order valence-electron chi connectivity index (χ1n) is 10.6. The molecule has 4 rings (SSSR count). The molecule has 178 valence electrons. The highest BCUT2D eigenvalue weighted by Crippen LogP contribution is 2.33. The van der Waals surface area contributed by atoms with Gasteiger partial charge in [-0.05, 0) is 13.0 Å². The zero-order chi connectivity index (χ0) is 24.6. The van der Waals surface area contributed by atoms with E-state index >= 15 is 0 Å². The summed E-state index contributed by atoms with van der Waals surface area (Å²) >= 11 is 0. The van der Waals surface area contributed by atoms with Crippen LogP contribution in [0.5, 0.6) is 0 Å². The van der Waals surface area contributed by atoms with Gasteiger partial charge in [-0.1, -0.05) is 0 Å². The van der Waals surface area contributed by atoms with Crippen LogP contribution in [0.2, 0.25) is 0 Å². The maximum atomic E-state index is 13.9. The first kappa shape index (κ1) is 23.2. The van der Waals surface area contributed by atoms with Crippen molar-refractivity contribution >= 4 is 29.1 Å². The van der Waals surface area contributed by atoms with Gasteiger partial charge in [0, 0.05) is 56.9 Å². The lowest BCUT2D eigenvalue weighted by atomic mass is 10.1. The highest BCUT2D eigenvalue weighted by Gasteiger charge is 2.29. The van der Waals surface area contributed by atoms with E-state index in [1.54, 1.807) is 24.0 Å². The Hall–Kier alpha value is -3.96. The average Bonchev–Trinajstić information content (AvgIpc) is 3.15. The van der Waals surface area contributed by atoms with E-state index in [1.807, 2.05) is 10.7 Å². The van der Waals surface area contributed by atoms with Crippen molar-refractivity contribution in [1.29, 1.82) is 0 Å². The summed E-state index contributed by atoms with van der Waals surface area (Å²) in [7, 11) is 0. The third-order valence-corrected chi connectivity index (χ3v) is 5.24. The maximum absolute atomic E-state index is 13.9. The molecule has 3 aromatic rings. The van der Waals surface area contributed by atoms with Crippen LogP contribution in [0.4, 0.5) is 26.1 Å². The monoisotopic (exact) mass is 470 g/mol. The lowest BCUT2D eigenvalue weighted by molar-refractivity contribution is -0.130. The molecule has 2 N–H and O–H groups in total. The van der Waals surface area contributed by atoms with Gasteiger partial charge in [0.15, 0.2) is 0 Å². The largest absolute Gasteiger partial charge is 0.339 e. The molecule has 1 aliphatic rings. The summed E-state index contributed by atoms with van der Waals surface area (Å²) in [5.74, 6) is -3.70. The van der Waals surface area contributed by atoms with Crippen molar-refractivity contribution < 1.29 is 18.4 Å². The summed E-state index contributed by atoms with van der Waals surface area (Å²) in [4.78, 5) is 37.1. The van der Waals surface area contributed by atoms with Crippen molar-refractivity contribution in [2.75, 3.05) is 17.2 Å².